The molecular formula is C3H7NaO. The van der Waals surface area contributed by atoms with Gasteiger partial charge in [-0.1, -0.05) is 0 Å². The van der Waals surface area contributed by atoms with E-state index in [0.29, 0.717) is 6.42 Å². The zero-order valence-electron chi connectivity index (χ0n) is 3.57. The SMILES string of the molecule is [CH2-]CCO.[Na+]. The standard InChI is InChI=1S/C3H7O.Na/c1-2-3-4;/h4H,1-3H2;/q-1;+1. The van der Waals surface area contributed by atoms with Gasteiger partial charge < -0.3 is 12.0 Å². The van der Waals surface area contributed by atoms with E-state index >= 15 is 0 Å². The fourth-order valence-electron chi connectivity index (χ4n) is 0. The molecule has 0 aliphatic heterocycles. The third kappa shape index (κ3) is 11.3. The van der Waals surface area contributed by atoms with Gasteiger partial charge in [-0.15, -0.1) is 0 Å². The summed E-state index contributed by atoms with van der Waals surface area (Å²) in [6.07, 6.45) is 0.625. The molecule has 0 radical (unpaired) electrons. The molecule has 1 nitrogen and oxygen atoms in total. The maximum absolute atomic E-state index is 7.81. The van der Waals surface area contributed by atoms with E-state index in [0.717, 1.165) is 0 Å². The van der Waals surface area contributed by atoms with Crippen LogP contribution in [-0.2, 0) is 0 Å². The van der Waals surface area contributed by atoms with E-state index in [9.17, 15) is 0 Å². The summed E-state index contributed by atoms with van der Waals surface area (Å²) in [5, 5.41) is 7.81. The van der Waals surface area contributed by atoms with Crippen LogP contribution in [0, 0.1) is 6.92 Å². The van der Waals surface area contributed by atoms with Gasteiger partial charge in [0.05, 0.1) is 0 Å². The van der Waals surface area contributed by atoms with Gasteiger partial charge in [0, 0.05) is 6.61 Å². The second-order valence-electron chi connectivity index (χ2n) is 0.577. The van der Waals surface area contributed by atoms with Crippen molar-refractivity contribution in [2.24, 2.45) is 0 Å². The molecule has 0 unspecified atom stereocenters. The summed E-state index contributed by atoms with van der Waals surface area (Å²) < 4.78 is 0. The van der Waals surface area contributed by atoms with Gasteiger partial charge in [-0.3, -0.25) is 0 Å². The van der Waals surface area contributed by atoms with Crippen molar-refractivity contribution >= 4 is 0 Å². The minimum absolute atomic E-state index is 0. The van der Waals surface area contributed by atoms with Crippen molar-refractivity contribution in [2.45, 2.75) is 6.42 Å². The minimum Gasteiger partial charge on any atom is -0.399 e. The summed E-state index contributed by atoms with van der Waals surface area (Å²) in [6.45, 7) is 3.56. The van der Waals surface area contributed by atoms with Gasteiger partial charge >= 0.3 is 29.6 Å². The van der Waals surface area contributed by atoms with Crippen LogP contribution in [0.15, 0.2) is 0 Å². The number of aliphatic hydroxyl groups is 1. The first-order valence-electron chi connectivity index (χ1n) is 1.32. The van der Waals surface area contributed by atoms with Crippen molar-refractivity contribution in [1.82, 2.24) is 0 Å². The van der Waals surface area contributed by atoms with Crippen LogP contribution >= 0.6 is 0 Å². The number of hydrogen-bond donors (Lipinski definition) is 1. The van der Waals surface area contributed by atoms with Gasteiger partial charge in [0.15, 0.2) is 0 Å². The van der Waals surface area contributed by atoms with Crippen LogP contribution in [0.3, 0.4) is 0 Å². The van der Waals surface area contributed by atoms with Crippen molar-refractivity contribution in [1.29, 1.82) is 0 Å². The van der Waals surface area contributed by atoms with Crippen molar-refractivity contribution in [2.75, 3.05) is 6.61 Å². The fourth-order valence-corrected chi connectivity index (χ4v) is 0. The van der Waals surface area contributed by atoms with Crippen molar-refractivity contribution in [3.63, 3.8) is 0 Å². The fraction of sp³-hybridized carbons (Fsp3) is 0.667. The number of hydrogen-bond acceptors (Lipinski definition) is 1. The Bertz CT molecular complexity index is 8.85. The van der Waals surface area contributed by atoms with Crippen molar-refractivity contribution in [3.05, 3.63) is 6.92 Å². The van der Waals surface area contributed by atoms with E-state index in [1.165, 1.54) is 0 Å². The van der Waals surface area contributed by atoms with Gasteiger partial charge in [-0.05, 0) is 0 Å². The molecule has 0 amide bonds. The smallest absolute Gasteiger partial charge is 0.399 e. The summed E-state index contributed by atoms with van der Waals surface area (Å²) in [4.78, 5) is 0. The number of rotatable bonds is 1. The maximum atomic E-state index is 7.81. The topological polar surface area (TPSA) is 20.2 Å². The Morgan fingerprint density at radius 2 is 1.80 bits per heavy atom. The van der Waals surface area contributed by atoms with E-state index in [1.807, 2.05) is 0 Å². The number of aliphatic hydroxyl groups excluding tert-OH is 1. The molecule has 0 bridgehead atoms. The van der Waals surface area contributed by atoms with E-state index in [-0.39, 0.29) is 36.2 Å². The van der Waals surface area contributed by atoms with Crippen LogP contribution in [0.4, 0.5) is 0 Å². The van der Waals surface area contributed by atoms with Gasteiger partial charge in [0.25, 0.3) is 0 Å². The maximum Gasteiger partial charge on any atom is 1.00 e. The molecule has 0 saturated heterocycles. The first-order chi connectivity index (χ1) is 1.91. The Morgan fingerprint density at radius 3 is 1.80 bits per heavy atom. The van der Waals surface area contributed by atoms with Crippen LogP contribution in [0.1, 0.15) is 6.42 Å². The second kappa shape index (κ2) is 8.88. The third-order valence-electron chi connectivity index (χ3n) is 0.158. The first kappa shape index (κ1) is 9.35. The molecule has 0 aromatic heterocycles. The minimum atomic E-state index is 0. The van der Waals surface area contributed by atoms with E-state index in [1.54, 1.807) is 0 Å². The Hall–Kier alpha value is 0.960. The molecule has 0 spiro atoms. The van der Waals surface area contributed by atoms with Gasteiger partial charge in [0.1, 0.15) is 0 Å². The van der Waals surface area contributed by atoms with Crippen LogP contribution in [0.25, 0.3) is 0 Å². The predicted octanol–water partition coefficient (Wildman–Crippen LogP) is -2.79. The van der Waals surface area contributed by atoms with Gasteiger partial charge in [-0.2, -0.15) is 6.42 Å². The normalized spacial score (nSPS) is 6.00. The van der Waals surface area contributed by atoms with Gasteiger partial charge in [-0.25, -0.2) is 0 Å². The van der Waals surface area contributed by atoms with Crippen LogP contribution < -0.4 is 29.6 Å². The average molecular weight is 82.1 g/mol. The molecule has 26 valence electrons. The molecule has 0 fully saturated rings. The van der Waals surface area contributed by atoms with E-state index in [4.69, 9.17) is 5.11 Å². The average Bonchev–Trinajstić information content (AvgIpc) is 1.37. The predicted molar refractivity (Wildman–Crippen MR) is 17.1 cm³/mol. The summed E-state index contributed by atoms with van der Waals surface area (Å²) in [6, 6.07) is 0. The van der Waals surface area contributed by atoms with Crippen molar-refractivity contribution < 1.29 is 34.7 Å². The molecule has 0 atom stereocenters. The molecule has 0 aliphatic carbocycles. The quantitative estimate of drug-likeness (QED) is 0.268. The second-order valence-corrected chi connectivity index (χ2v) is 0.577. The molecule has 1 N–H and O–H groups in total. The first-order valence-corrected chi connectivity index (χ1v) is 1.32. The zero-order chi connectivity index (χ0) is 3.41. The molecular weight excluding hydrogens is 75.0 g/mol. The zero-order valence-corrected chi connectivity index (χ0v) is 5.57. The molecule has 0 heterocycles. The summed E-state index contributed by atoms with van der Waals surface area (Å²) in [5.74, 6) is 0. The Kier molecular flexibility index (Phi) is 16.6. The van der Waals surface area contributed by atoms with Gasteiger partial charge in [0.2, 0.25) is 0 Å². The van der Waals surface area contributed by atoms with Crippen molar-refractivity contribution in [3.8, 4) is 0 Å². The Morgan fingerprint density at radius 1 is 1.60 bits per heavy atom. The van der Waals surface area contributed by atoms with E-state index in [2.05, 4.69) is 6.92 Å². The largest absolute Gasteiger partial charge is 1.00 e. The van der Waals surface area contributed by atoms with E-state index < -0.39 is 0 Å². The molecule has 2 heteroatoms. The molecule has 0 aromatic rings. The molecule has 5 heavy (non-hydrogen) atoms. The monoisotopic (exact) mass is 82.0 g/mol. The Labute approximate surface area is 54.7 Å². The summed E-state index contributed by atoms with van der Waals surface area (Å²) in [5.41, 5.74) is 0. The molecule has 0 saturated carbocycles. The van der Waals surface area contributed by atoms with Crippen LogP contribution in [-0.4, -0.2) is 11.7 Å². The molecule has 0 aliphatic rings. The summed E-state index contributed by atoms with van der Waals surface area (Å²) in [7, 11) is 0. The third-order valence-corrected chi connectivity index (χ3v) is 0.158. The van der Waals surface area contributed by atoms with Crippen LogP contribution in [0.5, 0.6) is 0 Å². The molecule has 0 rings (SSSR count). The molecule has 0 aromatic carbocycles. The van der Waals surface area contributed by atoms with Crippen LogP contribution in [0.2, 0.25) is 0 Å². The summed E-state index contributed by atoms with van der Waals surface area (Å²) >= 11 is 0. The Balaban J connectivity index is 0.